The van der Waals surface area contributed by atoms with Gasteiger partial charge in [0.2, 0.25) is 0 Å². The van der Waals surface area contributed by atoms with Crippen LogP contribution in [0.1, 0.15) is 309 Å². The molecule has 0 aromatic rings. The lowest BCUT2D eigenvalue weighted by Gasteiger charge is -2.28. The lowest BCUT2D eigenvalue weighted by atomic mass is 10.0. The van der Waals surface area contributed by atoms with E-state index < -0.39 is 26.5 Å². The SMILES string of the molecule is CC/C=C\C/C=C\C/C=C\C/C=C\C/C=C\C/C=C\C/C=C\C/C=C\CCCCCCC(=O)OC(COC(=O)CCCCCCCCCCCCCCCCCCCCCCCCCCCC/C=C\C/C=C\C/C=C\C/C=C\CC)COP(=O)([O-])OCC[N+](C)(C)C. The molecule has 0 rings (SSSR count). The van der Waals surface area contributed by atoms with Gasteiger partial charge in [0.1, 0.15) is 19.8 Å². The number of phosphoric ester groups is 1. The molecule has 0 aromatic carbocycles. The molecule has 526 valence electrons. The van der Waals surface area contributed by atoms with Gasteiger partial charge < -0.3 is 27.9 Å². The molecule has 0 fully saturated rings. The fourth-order valence-electron chi connectivity index (χ4n) is 10.2. The molecule has 0 N–H and O–H groups in total. The summed E-state index contributed by atoms with van der Waals surface area (Å²) in [7, 11) is 1.14. The molecule has 0 aliphatic rings. The smallest absolute Gasteiger partial charge is 0.306 e. The van der Waals surface area contributed by atoms with Gasteiger partial charge in [-0.3, -0.25) is 14.2 Å². The first kappa shape index (κ1) is 87.9. The number of carbonyl (C=O) groups excluding carboxylic acids is 2. The summed E-state index contributed by atoms with van der Waals surface area (Å²) in [6.07, 6.45) is 105. The molecule has 9 nitrogen and oxygen atoms in total. The molecule has 0 aromatic heterocycles. The summed E-state index contributed by atoms with van der Waals surface area (Å²) in [5.41, 5.74) is 0. The first-order chi connectivity index (χ1) is 45.0. The van der Waals surface area contributed by atoms with Gasteiger partial charge in [0.05, 0.1) is 27.7 Å². The third kappa shape index (κ3) is 74.9. The Bertz CT molecular complexity index is 2070. The van der Waals surface area contributed by atoms with Crippen LogP contribution in [0.4, 0.5) is 0 Å². The summed E-state index contributed by atoms with van der Waals surface area (Å²) >= 11 is 0. The largest absolute Gasteiger partial charge is 0.756 e. The molecular formula is C82H140NO8P. The van der Waals surface area contributed by atoms with Crippen LogP contribution in [0.5, 0.6) is 0 Å². The molecule has 0 spiro atoms. The van der Waals surface area contributed by atoms with E-state index in [1.165, 1.54) is 154 Å². The molecular weight excluding hydrogens is 1160 g/mol. The van der Waals surface area contributed by atoms with Crippen molar-refractivity contribution in [3.05, 3.63) is 146 Å². The molecule has 10 heteroatoms. The van der Waals surface area contributed by atoms with Gasteiger partial charge >= 0.3 is 11.9 Å². The molecule has 2 atom stereocenters. The Morgan fingerprint density at radius 2 is 0.587 bits per heavy atom. The second-order valence-corrected chi connectivity index (χ2v) is 27.3. The third-order valence-electron chi connectivity index (χ3n) is 15.9. The molecule has 0 amide bonds. The molecule has 0 heterocycles. The summed E-state index contributed by atoms with van der Waals surface area (Å²) in [6, 6.07) is 0. The molecule has 0 aliphatic heterocycles. The van der Waals surface area contributed by atoms with Gasteiger partial charge in [-0.25, -0.2) is 0 Å². The van der Waals surface area contributed by atoms with Crippen LogP contribution in [0, 0.1) is 0 Å². The number of likely N-dealkylation sites (N-methyl/N-ethyl adjacent to an activating group) is 1. The fourth-order valence-corrected chi connectivity index (χ4v) is 10.9. The van der Waals surface area contributed by atoms with E-state index in [1.54, 1.807) is 0 Å². The minimum atomic E-state index is -4.66. The summed E-state index contributed by atoms with van der Waals surface area (Å²) < 4.78 is 34.3. The first-order valence-electron chi connectivity index (χ1n) is 37.5. The Hall–Kier alpha value is -4.11. The van der Waals surface area contributed by atoms with Crippen molar-refractivity contribution in [2.24, 2.45) is 0 Å². The minimum absolute atomic E-state index is 0.0418. The lowest BCUT2D eigenvalue weighted by molar-refractivity contribution is -0.870. The number of phosphoric acid groups is 1. The van der Waals surface area contributed by atoms with E-state index in [9.17, 15) is 19.0 Å². The summed E-state index contributed by atoms with van der Waals surface area (Å²) in [4.78, 5) is 38.1. The van der Waals surface area contributed by atoms with Crippen LogP contribution >= 0.6 is 7.82 Å². The highest BCUT2D eigenvalue weighted by atomic mass is 31.2. The maximum atomic E-state index is 12.9. The zero-order valence-corrected chi connectivity index (χ0v) is 60.8. The van der Waals surface area contributed by atoms with Gasteiger partial charge in [-0.05, 0) is 116 Å². The number of carbonyl (C=O) groups is 2. The fraction of sp³-hybridized carbons (Fsp3) is 0.683. The van der Waals surface area contributed by atoms with Gasteiger partial charge in [0.15, 0.2) is 6.10 Å². The van der Waals surface area contributed by atoms with Crippen molar-refractivity contribution in [2.75, 3.05) is 47.5 Å². The Kier molecular flexibility index (Phi) is 68.0. The Morgan fingerprint density at radius 1 is 0.337 bits per heavy atom. The molecule has 0 bridgehead atoms. The van der Waals surface area contributed by atoms with Crippen LogP contribution in [0.25, 0.3) is 0 Å². The Morgan fingerprint density at radius 3 is 0.870 bits per heavy atom. The summed E-state index contributed by atoms with van der Waals surface area (Å²) in [5, 5.41) is 0. The number of rotatable bonds is 68. The Balaban J connectivity index is 4.02. The van der Waals surface area contributed by atoms with Crippen molar-refractivity contribution in [2.45, 2.75) is 315 Å². The standard InChI is InChI=1S/C82H140NO8P/c1-6-8-10-12-14-16-18-20-22-24-26-28-30-32-34-36-37-38-39-40-41-42-43-44-45-47-48-50-52-54-56-58-60-62-64-66-68-70-72-74-81(84)88-78-80(79-90-92(86,87)89-77-76-83(3,4)5)91-82(85)75-73-71-69-67-65-63-61-59-57-55-53-51-49-46-35-33-31-29-27-25-23-21-19-17-15-13-11-9-7-2/h8-11,14-17,20-23,26-29,33,35,49,51,55,57,61,63,80H,6-7,12-13,18-19,24-25,30-32,34,36-48,50,52-54,56,58-60,62,64-79H2,1-5H3/b10-8-,11-9-,16-14-,17-15-,22-20-,23-21-,28-26-,29-27-,35-33-,51-49-,57-55-,63-61-. The highest BCUT2D eigenvalue weighted by Crippen LogP contribution is 2.38. The number of esters is 2. The molecule has 0 aliphatic carbocycles. The number of nitrogens with zero attached hydrogens (tertiary/aromatic N) is 1. The topological polar surface area (TPSA) is 111 Å². The van der Waals surface area contributed by atoms with E-state index >= 15 is 0 Å². The zero-order valence-electron chi connectivity index (χ0n) is 59.9. The number of allylic oxidation sites excluding steroid dienone is 24. The maximum Gasteiger partial charge on any atom is 0.306 e. The predicted molar refractivity (Wildman–Crippen MR) is 397 cm³/mol. The number of ether oxygens (including phenoxy) is 2. The first-order valence-corrected chi connectivity index (χ1v) is 39.0. The second kappa shape index (κ2) is 71.2. The van der Waals surface area contributed by atoms with Crippen molar-refractivity contribution < 1.29 is 42.1 Å². The maximum absolute atomic E-state index is 12.9. The number of quaternary nitrogens is 1. The molecule has 0 radical (unpaired) electrons. The zero-order chi connectivity index (χ0) is 66.9. The predicted octanol–water partition coefficient (Wildman–Crippen LogP) is 24.3. The highest BCUT2D eigenvalue weighted by Gasteiger charge is 2.22. The van der Waals surface area contributed by atoms with E-state index in [2.05, 4.69) is 160 Å². The third-order valence-corrected chi connectivity index (χ3v) is 16.8. The normalized spacial score (nSPS) is 13.9. The van der Waals surface area contributed by atoms with Crippen LogP contribution in [0.15, 0.2) is 146 Å². The average Bonchev–Trinajstić information content (AvgIpc) is 2.14. The monoisotopic (exact) mass is 1300 g/mol. The lowest BCUT2D eigenvalue weighted by Crippen LogP contribution is -2.37. The van der Waals surface area contributed by atoms with Crippen molar-refractivity contribution >= 4 is 19.8 Å². The number of hydrogen-bond donors (Lipinski definition) is 0. The number of unbranched alkanes of at least 4 members (excludes halogenated alkanes) is 30. The van der Waals surface area contributed by atoms with Crippen LogP contribution in [0.2, 0.25) is 0 Å². The Labute approximate surface area is 567 Å². The van der Waals surface area contributed by atoms with E-state index in [0.717, 1.165) is 122 Å². The van der Waals surface area contributed by atoms with Gasteiger partial charge in [0.25, 0.3) is 7.82 Å². The minimum Gasteiger partial charge on any atom is -0.756 e. The molecule has 0 saturated carbocycles. The van der Waals surface area contributed by atoms with Gasteiger partial charge in [-0.15, -0.1) is 0 Å². The van der Waals surface area contributed by atoms with Crippen LogP contribution in [-0.4, -0.2) is 70.0 Å². The summed E-state index contributed by atoms with van der Waals surface area (Å²) in [6.45, 7) is 4.00. The van der Waals surface area contributed by atoms with Crippen molar-refractivity contribution in [3.63, 3.8) is 0 Å². The van der Waals surface area contributed by atoms with E-state index in [-0.39, 0.29) is 32.0 Å². The number of hydrogen-bond acceptors (Lipinski definition) is 8. The van der Waals surface area contributed by atoms with E-state index in [0.29, 0.717) is 17.4 Å². The quantitative estimate of drug-likeness (QED) is 0.0195. The van der Waals surface area contributed by atoms with Crippen molar-refractivity contribution in [1.29, 1.82) is 0 Å². The van der Waals surface area contributed by atoms with Crippen molar-refractivity contribution in [1.82, 2.24) is 0 Å². The average molecular weight is 1300 g/mol. The van der Waals surface area contributed by atoms with Crippen molar-refractivity contribution in [3.8, 4) is 0 Å². The molecule has 2 unspecified atom stereocenters. The molecule has 92 heavy (non-hydrogen) atoms. The van der Waals surface area contributed by atoms with E-state index in [4.69, 9.17) is 18.5 Å². The van der Waals surface area contributed by atoms with Crippen LogP contribution < -0.4 is 4.89 Å². The molecule has 0 saturated heterocycles. The second-order valence-electron chi connectivity index (χ2n) is 25.9. The summed E-state index contributed by atoms with van der Waals surface area (Å²) in [5.74, 6) is -0.860. The van der Waals surface area contributed by atoms with Crippen LogP contribution in [-0.2, 0) is 32.7 Å². The van der Waals surface area contributed by atoms with E-state index in [1.807, 2.05) is 21.1 Å². The highest BCUT2D eigenvalue weighted by molar-refractivity contribution is 7.45. The van der Waals surface area contributed by atoms with Gasteiger partial charge in [-0.1, -0.05) is 327 Å². The van der Waals surface area contributed by atoms with Crippen LogP contribution in [0.3, 0.4) is 0 Å². The van der Waals surface area contributed by atoms with Gasteiger partial charge in [-0.2, -0.15) is 0 Å². The van der Waals surface area contributed by atoms with Gasteiger partial charge in [0, 0.05) is 12.8 Å².